The lowest BCUT2D eigenvalue weighted by Gasteiger charge is -2.36. The number of hydrogen-bond donors (Lipinski definition) is 1. The molecule has 0 radical (unpaired) electrons. The second kappa shape index (κ2) is 5.97. The molecule has 0 saturated carbocycles. The zero-order valence-electron chi connectivity index (χ0n) is 10.1. The molecule has 18 heavy (non-hydrogen) atoms. The number of nitrogens with two attached hydrogens (primary N) is 1. The number of rotatable bonds is 4. The molecule has 1 aromatic rings. The maximum atomic E-state index is 11.4. The molecule has 0 bridgehead atoms. The SMILES string of the molecule is CC(c1nc(CCl)cs1)N1CCOCC1C(N)=O. The van der Waals surface area contributed by atoms with E-state index in [1.165, 1.54) is 0 Å². The second-order valence-electron chi connectivity index (χ2n) is 4.22. The number of thiazole rings is 1. The van der Waals surface area contributed by atoms with Crippen LogP contribution in [0.5, 0.6) is 0 Å². The lowest BCUT2D eigenvalue weighted by molar-refractivity contribution is -0.131. The Morgan fingerprint density at radius 3 is 3.22 bits per heavy atom. The molecule has 2 unspecified atom stereocenters. The summed E-state index contributed by atoms with van der Waals surface area (Å²) >= 11 is 7.31. The van der Waals surface area contributed by atoms with Gasteiger partial charge in [-0.05, 0) is 6.92 Å². The Morgan fingerprint density at radius 2 is 2.61 bits per heavy atom. The number of amides is 1. The smallest absolute Gasteiger partial charge is 0.237 e. The molecule has 7 heteroatoms. The van der Waals surface area contributed by atoms with E-state index >= 15 is 0 Å². The fourth-order valence-corrected chi connectivity index (χ4v) is 3.17. The highest BCUT2D eigenvalue weighted by Crippen LogP contribution is 2.27. The summed E-state index contributed by atoms with van der Waals surface area (Å²) < 4.78 is 5.31. The van der Waals surface area contributed by atoms with Crippen molar-refractivity contribution in [3.8, 4) is 0 Å². The summed E-state index contributed by atoms with van der Waals surface area (Å²) in [6.45, 7) is 3.68. The average Bonchev–Trinajstić information content (AvgIpc) is 2.86. The predicted octanol–water partition coefficient (Wildman–Crippen LogP) is 1.13. The Kier molecular flexibility index (Phi) is 4.55. The van der Waals surface area contributed by atoms with Crippen LogP contribution in [0.15, 0.2) is 5.38 Å². The minimum atomic E-state index is -0.378. The maximum absolute atomic E-state index is 11.4. The minimum absolute atomic E-state index is 0.0494. The number of morpholine rings is 1. The van der Waals surface area contributed by atoms with E-state index in [4.69, 9.17) is 22.1 Å². The van der Waals surface area contributed by atoms with Crippen LogP contribution in [-0.2, 0) is 15.4 Å². The molecule has 0 spiro atoms. The van der Waals surface area contributed by atoms with Gasteiger partial charge in [0.05, 0.1) is 30.8 Å². The lowest BCUT2D eigenvalue weighted by Crippen LogP contribution is -2.53. The number of primary amides is 1. The molecule has 1 aliphatic rings. The van der Waals surface area contributed by atoms with Gasteiger partial charge >= 0.3 is 0 Å². The van der Waals surface area contributed by atoms with Gasteiger partial charge in [-0.2, -0.15) is 0 Å². The molecule has 1 amide bonds. The molecule has 1 fully saturated rings. The number of carbonyl (C=O) groups excluding carboxylic acids is 1. The van der Waals surface area contributed by atoms with Crippen molar-refractivity contribution in [1.29, 1.82) is 0 Å². The van der Waals surface area contributed by atoms with E-state index in [1.54, 1.807) is 11.3 Å². The molecule has 1 saturated heterocycles. The van der Waals surface area contributed by atoms with Crippen LogP contribution >= 0.6 is 22.9 Å². The van der Waals surface area contributed by atoms with Crippen molar-refractivity contribution in [2.24, 2.45) is 5.73 Å². The van der Waals surface area contributed by atoms with Gasteiger partial charge in [-0.25, -0.2) is 4.98 Å². The highest BCUT2D eigenvalue weighted by Gasteiger charge is 2.32. The van der Waals surface area contributed by atoms with Crippen molar-refractivity contribution in [2.75, 3.05) is 19.8 Å². The topological polar surface area (TPSA) is 68.5 Å². The Hall–Kier alpha value is -0.690. The third-order valence-corrected chi connectivity index (χ3v) is 4.40. The molecule has 0 aliphatic carbocycles. The first-order chi connectivity index (χ1) is 8.63. The Balaban J connectivity index is 2.14. The number of nitrogens with zero attached hydrogens (tertiary/aromatic N) is 2. The van der Waals surface area contributed by atoms with Gasteiger partial charge in [0.25, 0.3) is 0 Å². The van der Waals surface area contributed by atoms with Gasteiger partial charge in [0.1, 0.15) is 11.0 Å². The minimum Gasteiger partial charge on any atom is -0.378 e. The van der Waals surface area contributed by atoms with E-state index in [1.807, 2.05) is 17.2 Å². The van der Waals surface area contributed by atoms with Crippen LogP contribution in [0.1, 0.15) is 23.7 Å². The van der Waals surface area contributed by atoms with Crippen LogP contribution in [0.3, 0.4) is 0 Å². The number of aromatic nitrogens is 1. The number of ether oxygens (including phenoxy) is 1. The van der Waals surface area contributed by atoms with E-state index in [9.17, 15) is 4.79 Å². The molecule has 2 heterocycles. The van der Waals surface area contributed by atoms with Gasteiger partial charge in [0.15, 0.2) is 0 Å². The summed E-state index contributed by atoms with van der Waals surface area (Å²) in [4.78, 5) is 17.9. The lowest BCUT2D eigenvalue weighted by atomic mass is 10.1. The summed E-state index contributed by atoms with van der Waals surface area (Å²) in [5.41, 5.74) is 6.27. The van der Waals surface area contributed by atoms with Crippen molar-refractivity contribution < 1.29 is 9.53 Å². The number of halogens is 1. The van der Waals surface area contributed by atoms with E-state index in [2.05, 4.69) is 4.98 Å². The van der Waals surface area contributed by atoms with Crippen molar-refractivity contribution in [3.05, 3.63) is 16.1 Å². The first kappa shape index (κ1) is 13.7. The monoisotopic (exact) mass is 289 g/mol. The molecule has 2 atom stereocenters. The number of alkyl halides is 1. The van der Waals surface area contributed by atoms with E-state index in [-0.39, 0.29) is 18.0 Å². The van der Waals surface area contributed by atoms with Crippen LogP contribution < -0.4 is 5.73 Å². The standard InChI is InChI=1S/C11H16ClN3O2S/c1-7(11-14-8(4-12)6-18-11)15-2-3-17-5-9(15)10(13)16/h6-7,9H,2-5H2,1H3,(H2,13,16). The van der Waals surface area contributed by atoms with Crippen LogP contribution in [-0.4, -0.2) is 41.6 Å². The fraction of sp³-hybridized carbons (Fsp3) is 0.636. The Labute approximate surface area is 115 Å². The van der Waals surface area contributed by atoms with Crippen molar-refractivity contribution in [3.63, 3.8) is 0 Å². The van der Waals surface area contributed by atoms with Crippen LogP contribution in [0.4, 0.5) is 0 Å². The van der Waals surface area contributed by atoms with Gasteiger partial charge in [0, 0.05) is 11.9 Å². The van der Waals surface area contributed by atoms with Gasteiger partial charge < -0.3 is 10.5 Å². The number of hydrogen-bond acceptors (Lipinski definition) is 5. The zero-order valence-corrected chi connectivity index (χ0v) is 11.7. The van der Waals surface area contributed by atoms with E-state index in [0.29, 0.717) is 25.6 Å². The highest BCUT2D eigenvalue weighted by atomic mass is 35.5. The normalized spacial score (nSPS) is 22.9. The third-order valence-electron chi connectivity index (χ3n) is 3.06. The molecule has 5 nitrogen and oxygen atoms in total. The zero-order chi connectivity index (χ0) is 13.1. The molecule has 100 valence electrons. The molecule has 2 N–H and O–H groups in total. The Bertz CT molecular complexity index is 426. The maximum Gasteiger partial charge on any atom is 0.237 e. The van der Waals surface area contributed by atoms with Gasteiger partial charge in [0.2, 0.25) is 5.91 Å². The molecule has 1 aliphatic heterocycles. The van der Waals surface area contributed by atoms with Crippen LogP contribution in [0.2, 0.25) is 0 Å². The summed E-state index contributed by atoms with van der Waals surface area (Å²) in [6, 6.07) is -0.328. The van der Waals surface area contributed by atoms with Crippen molar-refractivity contribution in [2.45, 2.75) is 24.9 Å². The Morgan fingerprint density at radius 1 is 1.83 bits per heavy atom. The predicted molar refractivity (Wildman–Crippen MR) is 70.6 cm³/mol. The van der Waals surface area contributed by atoms with Crippen LogP contribution in [0.25, 0.3) is 0 Å². The second-order valence-corrected chi connectivity index (χ2v) is 5.37. The summed E-state index contributed by atoms with van der Waals surface area (Å²) in [5, 5.41) is 2.90. The summed E-state index contributed by atoms with van der Waals surface area (Å²) in [6.07, 6.45) is 0. The number of carbonyl (C=O) groups is 1. The van der Waals surface area contributed by atoms with Crippen molar-refractivity contribution >= 4 is 28.8 Å². The molecule has 0 aromatic carbocycles. The molecular weight excluding hydrogens is 274 g/mol. The van der Waals surface area contributed by atoms with Gasteiger partial charge in [-0.15, -0.1) is 22.9 Å². The van der Waals surface area contributed by atoms with Gasteiger partial charge in [-0.1, -0.05) is 0 Å². The van der Waals surface area contributed by atoms with Gasteiger partial charge in [-0.3, -0.25) is 9.69 Å². The van der Waals surface area contributed by atoms with E-state index in [0.717, 1.165) is 10.7 Å². The molecular formula is C11H16ClN3O2S. The first-order valence-electron chi connectivity index (χ1n) is 5.76. The molecule has 2 rings (SSSR count). The van der Waals surface area contributed by atoms with Crippen molar-refractivity contribution in [1.82, 2.24) is 9.88 Å². The highest BCUT2D eigenvalue weighted by molar-refractivity contribution is 7.09. The summed E-state index contributed by atoms with van der Waals surface area (Å²) in [5.74, 6) is 0.0571. The quantitative estimate of drug-likeness (QED) is 0.844. The average molecular weight is 290 g/mol. The van der Waals surface area contributed by atoms with Crippen LogP contribution in [0, 0.1) is 0 Å². The van der Waals surface area contributed by atoms with E-state index < -0.39 is 0 Å². The first-order valence-corrected chi connectivity index (χ1v) is 7.18. The largest absolute Gasteiger partial charge is 0.378 e. The molecule has 1 aromatic heterocycles. The fourth-order valence-electron chi connectivity index (χ4n) is 2.04. The summed E-state index contributed by atoms with van der Waals surface area (Å²) in [7, 11) is 0. The third kappa shape index (κ3) is 2.83.